The van der Waals surface area contributed by atoms with Crippen molar-refractivity contribution in [3.05, 3.63) is 0 Å². The Balaban J connectivity index is 1.73. The van der Waals surface area contributed by atoms with Crippen LogP contribution in [0.4, 0.5) is 0 Å². The lowest BCUT2D eigenvalue weighted by molar-refractivity contribution is -0.133. The van der Waals surface area contributed by atoms with Crippen LogP contribution >= 0.6 is 0 Å². The number of amides is 1. The fourth-order valence-electron chi connectivity index (χ4n) is 2.44. The number of piperidine rings is 1. The average molecular weight is 225 g/mol. The molecule has 4 nitrogen and oxygen atoms in total. The molecule has 0 saturated carbocycles. The molecule has 0 aliphatic carbocycles. The van der Waals surface area contributed by atoms with Gasteiger partial charge in [-0.05, 0) is 26.3 Å². The molecule has 0 aromatic rings. The molecule has 2 heterocycles. The van der Waals surface area contributed by atoms with Crippen molar-refractivity contribution < 1.29 is 4.79 Å². The van der Waals surface area contributed by atoms with Crippen LogP contribution in [0.3, 0.4) is 0 Å². The normalized spacial score (nSPS) is 24.7. The summed E-state index contributed by atoms with van der Waals surface area (Å²) in [5, 5.41) is 0. The molecule has 0 radical (unpaired) electrons. The first kappa shape index (κ1) is 11.9. The fourth-order valence-corrected chi connectivity index (χ4v) is 2.44. The molecule has 0 N–H and O–H groups in total. The Labute approximate surface area is 98.2 Å². The van der Waals surface area contributed by atoms with E-state index in [0.29, 0.717) is 12.5 Å². The highest BCUT2D eigenvalue weighted by atomic mass is 16.2. The van der Waals surface area contributed by atoms with E-state index in [-0.39, 0.29) is 0 Å². The van der Waals surface area contributed by atoms with E-state index in [2.05, 4.69) is 16.8 Å². The molecule has 2 aliphatic heterocycles. The summed E-state index contributed by atoms with van der Waals surface area (Å²) in [6.45, 7) is 6.85. The van der Waals surface area contributed by atoms with E-state index in [1.165, 1.54) is 19.3 Å². The monoisotopic (exact) mass is 225 g/mol. The number of hydrogen-bond acceptors (Lipinski definition) is 3. The van der Waals surface area contributed by atoms with Crippen LogP contribution in [0.1, 0.15) is 19.3 Å². The summed E-state index contributed by atoms with van der Waals surface area (Å²) in [6, 6.07) is 0. The smallest absolute Gasteiger partial charge is 0.236 e. The standard InChI is InChI=1S/C12H23N3O/c1-13-7-9-14(10-8-13)11-12(16)15-5-3-2-4-6-15/h2-11H2,1H3. The van der Waals surface area contributed by atoms with Gasteiger partial charge in [-0.1, -0.05) is 0 Å². The molecule has 16 heavy (non-hydrogen) atoms. The van der Waals surface area contributed by atoms with Gasteiger partial charge in [0.15, 0.2) is 0 Å². The minimum Gasteiger partial charge on any atom is -0.342 e. The van der Waals surface area contributed by atoms with Gasteiger partial charge in [0.25, 0.3) is 0 Å². The van der Waals surface area contributed by atoms with Crippen LogP contribution in [0.15, 0.2) is 0 Å². The van der Waals surface area contributed by atoms with E-state index in [0.717, 1.165) is 39.3 Å². The Morgan fingerprint density at radius 2 is 1.56 bits per heavy atom. The summed E-state index contributed by atoms with van der Waals surface area (Å²) >= 11 is 0. The van der Waals surface area contributed by atoms with Gasteiger partial charge in [0, 0.05) is 39.3 Å². The zero-order chi connectivity index (χ0) is 11.4. The number of carbonyl (C=O) groups excluding carboxylic acids is 1. The molecule has 2 saturated heterocycles. The van der Waals surface area contributed by atoms with Gasteiger partial charge in [0.05, 0.1) is 6.54 Å². The van der Waals surface area contributed by atoms with Crippen LogP contribution in [-0.4, -0.2) is 73.5 Å². The van der Waals surface area contributed by atoms with E-state index in [1.54, 1.807) is 0 Å². The molecule has 2 rings (SSSR count). The third kappa shape index (κ3) is 3.19. The second-order valence-electron chi connectivity index (χ2n) is 5.02. The molecule has 4 heteroatoms. The molecule has 0 aromatic heterocycles. The number of hydrogen-bond donors (Lipinski definition) is 0. The van der Waals surface area contributed by atoms with Crippen molar-refractivity contribution in [1.29, 1.82) is 0 Å². The Kier molecular flexibility index (Phi) is 4.18. The van der Waals surface area contributed by atoms with Crippen molar-refractivity contribution in [1.82, 2.24) is 14.7 Å². The molecule has 0 unspecified atom stereocenters. The quantitative estimate of drug-likeness (QED) is 0.674. The SMILES string of the molecule is CN1CCN(CC(=O)N2CCCCC2)CC1. The third-order valence-electron chi connectivity index (χ3n) is 3.66. The molecular formula is C12H23N3O. The van der Waals surface area contributed by atoms with Crippen molar-refractivity contribution in [2.45, 2.75) is 19.3 Å². The number of nitrogens with zero attached hydrogens (tertiary/aromatic N) is 3. The zero-order valence-electron chi connectivity index (χ0n) is 10.3. The van der Waals surface area contributed by atoms with Crippen LogP contribution in [0, 0.1) is 0 Å². The number of piperazine rings is 1. The van der Waals surface area contributed by atoms with Crippen molar-refractivity contribution in [2.75, 3.05) is 52.9 Å². The molecule has 1 amide bonds. The number of carbonyl (C=O) groups is 1. The number of likely N-dealkylation sites (tertiary alicyclic amines) is 1. The van der Waals surface area contributed by atoms with Crippen molar-refractivity contribution >= 4 is 5.91 Å². The van der Waals surface area contributed by atoms with Gasteiger partial charge in [-0.3, -0.25) is 9.69 Å². The molecule has 0 bridgehead atoms. The highest BCUT2D eigenvalue weighted by molar-refractivity contribution is 5.78. The van der Waals surface area contributed by atoms with Crippen LogP contribution in [0.5, 0.6) is 0 Å². The molecule has 92 valence electrons. The number of likely N-dealkylation sites (N-methyl/N-ethyl adjacent to an activating group) is 1. The topological polar surface area (TPSA) is 26.8 Å². The maximum Gasteiger partial charge on any atom is 0.236 e. The summed E-state index contributed by atoms with van der Waals surface area (Å²) in [7, 11) is 2.14. The van der Waals surface area contributed by atoms with E-state index >= 15 is 0 Å². The van der Waals surface area contributed by atoms with Gasteiger partial charge in [0.2, 0.25) is 5.91 Å². The average Bonchev–Trinajstić information content (AvgIpc) is 2.33. The van der Waals surface area contributed by atoms with Crippen LogP contribution in [-0.2, 0) is 4.79 Å². The fraction of sp³-hybridized carbons (Fsp3) is 0.917. The summed E-state index contributed by atoms with van der Waals surface area (Å²) in [5.74, 6) is 0.337. The van der Waals surface area contributed by atoms with Crippen molar-refractivity contribution in [2.24, 2.45) is 0 Å². The predicted molar refractivity (Wildman–Crippen MR) is 64.4 cm³/mol. The lowest BCUT2D eigenvalue weighted by atomic mass is 10.1. The van der Waals surface area contributed by atoms with Gasteiger partial charge in [-0.15, -0.1) is 0 Å². The Morgan fingerprint density at radius 3 is 2.19 bits per heavy atom. The Morgan fingerprint density at radius 1 is 0.938 bits per heavy atom. The van der Waals surface area contributed by atoms with E-state index in [4.69, 9.17) is 0 Å². The first-order valence-electron chi connectivity index (χ1n) is 6.44. The van der Waals surface area contributed by atoms with Crippen LogP contribution in [0.25, 0.3) is 0 Å². The first-order valence-corrected chi connectivity index (χ1v) is 6.44. The van der Waals surface area contributed by atoms with Gasteiger partial charge >= 0.3 is 0 Å². The van der Waals surface area contributed by atoms with Crippen LogP contribution < -0.4 is 0 Å². The second kappa shape index (κ2) is 5.64. The summed E-state index contributed by atoms with van der Waals surface area (Å²) in [6.07, 6.45) is 3.67. The Bertz CT molecular complexity index is 230. The Hall–Kier alpha value is -0.610. The minimum absolute atomic E-state index is 0.337. The van der Waals surface area contributed by atoms with Crippen LogP contribution in [0.2, 0.25) is 0 Å². The lowest BCUT2D eigenvalue weighted by Crippen LogP contribution is -2.49. The summed E-state index contributed by atoms with van der Waals surface area (Å²) in [5.41, 5.74) is 0. The lowest BCUT2D eigenvalue weighted by Gasteiger charge is -2.34. The second-order valence-corrected chi connectivity index (χ2v) is 5.02. The van der Waals surface area contributed by atoms with Crippen molar-refractivity contribution in [3.63, 3.8) is 0 Å². The summed E-state index contributed by atoms with van der Waals surface area (Å²) in [4.78, 5) is 18.7. The van der Waals surface area contributed by atoms with E-state index in [1.807, 2.05) is 4.90 Å². The molecule has 0 aromatic carbocycles. The highest BCUT2D eigenvalue weighted by Crippen LogP contribution is 2.09. The zero-order valence-corrected chi connectivity index (χ0v) is 10.3. The predicted octanol–water partition coefficient (Wildman–Crippen LogP) is 0.246. The van der Waals surface area contributed by atoms with E-state index in [9.17, 15) is 4.79 Å². The minimum atomic E-state index is 0.337. The molecule has 0 spiro atoms. The van der Waals surface area contributed by atoms with E-state index < -0.39 is 0 Å². The van der Waals surface area contributed by atoms with Gasteiger partial charge in [-0.25, -0.2) is 0 Å². The maximum absolute atomic E-state index is 12.0. The van der Waals surface area contributed by atoms with Gasteiger partial charge in [-0.2, -0.15) is 0 Å². The summed E-state index contributed by atoms with van der Waals surface area (Å²) < 4.78 is 0. The molecule has 2 aliphatic rings. The first-order chi connectivity index (χ1) is 7.75. The van der Waals surface area contributed by atoms with Gasteiger partial charge in [0.1, 0.15) is 0 Å². The maximum atomic E-state index is 12.0. The molecular weight excluding hydrogens is 202 g/mol. The molecule has 2 fully saturated rings. The molecule has 0 atom stereocenters. The number of rotatable bonds is 2. The van der Waals surface area contributed by atoms with Gasteiger partial charge < -0.3 is 9.80 Å². The van der Waals surface area contributed by atoms with Crippen molar-refractivity contribution in [3.8, 4) is 0 Å². The highest BCUT2D eigenvalue weighted by Gasteiger charge is 2.21. The largest absolute Gasteiger partial charge is 0.342 e. The third-order valence-corrected chi connectivity index (χ3v) is 3.66.